The highest BCUT2D eigenvalue weighted by atomic mass is 35.5. The van der Waals surface area contributed by atoms with Crippen molar-refractivity contribution in [3.8, 4) is 34.4 Å². The van der Waals surface area contributed by atoms with Gasteiger partial charge >= 0.3 is 0 Å². The lowest BCUT2D eigenvalue weighted by Crippen LogP contribution is -2.39. The number of carbonyl (C=O) groups is 1. The van der Waals surface area contributed by atoms with Crippen molar-refractivity contribution in [3.63, 3.8) is 0 Å². The first-order valence-electron chi connectivity index (χ1n) is 16.9. The van der Waals surface area contributed by atoms with E-state index in [1.807, 2.05) is 24.3 Å². The van der Waals surface area contributed by atoms with Gasteiger partial charge in [-0.25, -0.2) is 0 Å². The zero-order valence-electron chi connectivity index (χ0n) is 29.4. The van der Waals surface area contributed by atoms with Crippen LogP contribution in [0.2, 0.25) is 10.0 Å². The summed E-state index contributed by atoms with van der Waals surface area (Å²) < 4.78 is 23.6. The molecule has 0 unspecified atom stereocenters. The molecule has 3 aromatic heterocycles. The van der Waals surface area contributed by atoms with Crippen molar-refractivity contribution < 1.29 is 27.6 Å². The second kappa shape index (κ2) is 15.0. The fourth-order valence-corrected chi connectivity index (χ4v) is 7.02. The Morgan fingerprint density at radius 1 is 0.865 bits per heavy atom. The molecule has 0 radical (unpaired) electrons. The average molecular weight is 744 g/mol. The van der Waals surface area contributed by atoms with E-state index >= 15 is 0 Å². The van der Waals surface area contributed by atoms with Crippen LogP contribution in [-0.2, 0) is 26.1 Å². The molecule has 7 rings (SSSR count). The maximum absolute atomic E-state index is 14.2. The predicted molar refractivity (Wildman–Crippen MR) is 196 cm³/mol. The summed E-state index contributed by atoms with van der Waals surface area (Å²) in [4.78, 5) is 21.3. The van der Waals surface area contributed by atoms with Gasteiger partial charge in [0.2, 0.25) is 5.89 Å². The van der Waals surface area contributed by atoms with E-state index in [0.29, 0.717) is 99.6 Å². The molecule has 4 heterocycles. The molecule has 0 N–H and O–H groups in total. The number of ketones is 1. The van der Waals surface area contributed by atoms with Crippen LogP contribution in [0, 0.1) is 0 Å². The maximum Gasteiger partial charge on any atom is 0.271 e. The van der Waals surface area contributed by atoms with Gasteiger partial charge in [-0.05, 0) is 48.0 Å². The van der Waals surface area contributed by atoms with Crippen LogP contribution in [0.4, 0.5) is 0 Å². The summed E-state index contributed by atoms with van der Waals surface area (Å²) in [6.07, 6.45) is 1.74. The number of aromatic nitrogens is 5. The fraction of sp³-hybridized carbons (Fsp3) is 0.316. The number of fused-ring (bicyclic) bond motifs is 2. The lowest BCUT2D eigenvalue weighted by molar-refractivity contribution is -0.905. The lowest BCUT2D eigenvalue weighted by Gasteiger charge is -2.29. The summed E-state index contributed by atoms with van der Waals surface area (Å²) in [6, 6.07) is 18.4. The summed E-state index contributed by atoms with van der Waals surface area (Å²) in [7, 11) is 7.33. The number of quaternary nitrogens is 1. The van der Waals surface area contributed by atoms with Gasteiger partial charge in [0.25, 0.3) is 17.7 Å². The number of hydrogen-bond donors (Lipinski definition) is 0. The zero-order valence-corrected chi connectivity index (χ0v) is 30.9. The molecular weight excluding hydrogens is 705 g/mol. The Kier molecular flexibility index (Phi) is 10.2. The lowest BCUT2D eigenvalue weighted by atomic mass is 9.91. The third-order valence-electron chi connectivity index (χ3n) is 9.21. The number of benzene rings is 3. The monoisotopic (exact) mass is 742 g/mol. The topological polar surface area (TPSA) is 130 Å². The summed E-state index contributed by atoms with van der Waals surface area (Å²) >= 11 is 12.4. The minimum Gasteiger partial charge on any atom is -0.496 e. The fourth-order valence-electron chi connectivity index (χ4n) is 6.68. The molecule has 0 saturated heterocycles. The van der Waals surface area contributed by atoms with Crippen LogP contribution < -0.4 is 9.47 Å². The average Bonchev–Trinajstić information content (AvgIpc) is 3.80. The summed E-state index contributed by atoms with van der Waals surface area (Å²) in [5.41, 5.74) is 4.74. The molecule has 268 valence electrons. The largest absolute Gasteiger partial charge is 0.496 e. The number of halogens is 2. The number of para-hydroxylation sites is 1. The molecular formula is C38H38Cl2N7O5+. The van der Waals surface area contributed by atoms with Gasteiger partial charge < -0.3 is 22.8 Å². The predicted octanol–water partition coefficient (Wildman–Crippen LogP) is 7.46. The SMILES string of the molecule is COc1ccc(Cl)cc1-c1nnc(CN2CCc3nc4ccccc4c(C(=O)CCC[N+](C)(C)Cc4nnc(-c5cc(Cl)ccc5OC)o4)c3C2)o1. The molecule has 0 amide bonds. The summed E-state index contributed by atoms with van der Waals surface area (Å²) in [6.45, 7) is 2.90. The van der Waals surface area contributed by atoms with Crippen molar-refractivity contribution >= 4 is 39.9 Å². The number of pyridine rings is 1. The van der Waals surface area contributed by atoms with Crippen LogP contribution in [0.15, 0.2) is 69.5 Å². The van der Waals surface area contributed by atoms with Crippen molar-refractivity contribution in [2.75, 3.05) is 41.4 Å². The molecule has 6 aromatic rings. The molecule has 0 spiro atoms. The standard InChI is InChI=1S/C38H38Cl2N7O5/c1-47(2,22-35-43-45-38(52-35)27-19-24(40)12-14-33(27)50-4)17-7-10-31(48)36-25-8-5-6-9-29(25)41-30-15-16-46(20-28(30)36)21-34-42-44-37(51-34)26-18-23(39)11-13-32(26)49-3/h5-6,8-9,11-14,18-19H,7,10,15-17,20-22H2,1-4H3/q+1. The van der Waals surface area contributed by atoms with Crippen molar-refractivity contribution in [2.45, 2.75) is 38.9 Å². The van der Waals surface area contributed by atoms with Crippen molar-refractivity contribution in [1.82, 2.24) is 30.3 Å². The molecule has 0 bridgehead atoms. The molecule has 0 saturated carbocycles. The number of nitrogens with zero attached hydrogens (tertiary/aromatic N) is 7. The van der Waals surface area contributed by atoms with Crippen LogP contribution in [0.25, 0.3) is 33.8 Å². The Morgan fingerprint density at radius 2 is 1.50 bits per heavy atom. The number of carbonyl (C=O) groups excluding carboxylic acids is 1. The Morgan fingerprint density at radius 3 is 2.17 bits per heavy atom. The van der Waals surface area contributed by atoms with Gasteiger partial charge in [0.1, 0.15) is 11.5 Å². The molecule has 1 aliphatic heterocycles. The highest BCUT2D eigenvalue weighted by Gasteiger charge is 2.28. The van der Waals surface area contributed by atoms with Crippen LogP contribution >= 0.6 is 23.2 Å². The van der Waals surface area contributed by atoms with E-state index < -0.39 is 0 Å². The van der Waals surface area contributed by atoms with E-state index in [4.69, 9.17) is 46.5 Å². The van der Waals surface area contributed by atoms with Gasteiger partial charge in [-0.2, -0.15) is 0 Å². The first-order valence-corrected chi connectivity index (χ1v) is 17.7. The van der Waals surface area contributed by atoms with E-state index in [2.05, 4.69) is 39.4 Å². The minimum absolute atomic E-state index is 0.0953. The number of ether oxygens (including phenoxy) is 2. The third kappa shape index (κ3) is 7.65. The van der Waals surface area contributed by atoms with E-state index in [-0.39, 0.29) is 5.78 Å². The Balaban J connectivity index is 1.04. The van der Waals surface area contributed by atoms with Crippen molar-refractivity contribution in [2.24, 2.45) is 0 Å². The van der Waals surface area contributed by atoms with Gasteiger partial charge in [0.15, 0.2) is 12.3 Å². The quantitative estimate of drug-likeness (QED) is 0.0864. The number of rotatable bonds is 13. The van der Waals surface area contributed by atoms with Crippen molar-refractivity contribution in [3.05, 3.63) is 99.3 Å². The molecule has 52 heavy (non-hydrogen) atoms. The maximum atomic E-state index is 14.2. The third-order valence-corrected chi connectivity index (χ3v) is 9.68. The Bertz CT molecular complexity index is 2250. The smallest absolute Gasteiger partial charge is 0.271 e. The summed E-state index contributed by atoms with van der Waals surface area (Å²) in [5, 5.41) is 19.1. The van der Waals surface area contributed by atoms with Gasteiger partial charge in [-0.3, -0.25) is 14.7 Å². The Labute approximate surface area is 310 Å². The molecule has 0 aliphatic carbocycles. The molecule has 1 aliphatic rings. The second-order valence-electron chi connectivity index (χ2n) is 13.4. The van der Waals surface area contributed by atoms with Crippen molar-refractivity contribution in [1.29, 1.82) is 0 Å². The van der Waals surface area contributed by atoms with E-state index in [9.17, 15) is 4.79 Å². The highest BCUT2D eigenvalue weighted by Crippen LogP contribution is 2.34. The first kappa shape index (κ1) is 35.5. The van der Waals surface area contributed by atoms with E-state index in [1.54, 1.807) is 50.6 Å². The molecule has 0 atom stereocenters. The number of methoxy groups -OCH3 is 2. The van der Waals surface area contributed by atoms with Crippen LogP contribution in [0.5, 0.6) is 11.5 Å². The van der Waals surface area contributed by atoms with Crippen LogP contribution in [0.3, 0.4) is 0 Å². The minimum atomic E-state index is 0.0953. The summed E-state index contributed by atoms with van der Waals surface area (Å²) in [5.74, 6) is 2.90. The number of hydrogen-bond acceptors (Lipinski definition) is 11. The Hall–Kier alpha value is -4.88. The van der Waals surface area contributed by atoms with Gasteiger partial charge in [-0.15, -0.1) is 20.4 Å². The molecule has 0 fully saturated rings. The van der Waals surface area contributed by atoms with E-state index in [0.717, 1.165) is 40.8 Å². The molecule has 12 nitrogen and oxygen atoms in total. The van der Waals surface area contributed by atoms with Crippen LogP contribution in [-0.4, -0.2) is 81.9 Å². The highest BCUT2D eigenvalue weighted by molar-refractivity contribution is 6.31. The zero-order chi connectivity index (χ0) is 36.4. The van der Waals surface area contributed by atoms with Crippen LogP contribution in [0.1, 0.15) is 46.2 Å². The number of Topliss-reactive ketones (excluding diaryl/α,β-unsaturated/α-hetero) is 1. The first-order chi connectivity index (χ1) is 25.1. The normalized spacial score (nSPS) is 13.3. The second-order valence-corrected chi connectivity index (χ2v) is 14.3. The van der Waals surface area contributed by atoms with Gasteiger partial charge in [0, 0.05) is 59.0 Å². The van der Waals surface area contributed by atoms with Gasteiger partial charge in [-0.1, -0.05) is 41.4 Å². The van der Waals surface area contributed by atoms with Gasteiger partial charge in [0.05, 0.1) is 58.0 Å². The van der Waals surface area contributed by atoms with E-state index in [1.165, 1.54) is 0 Å². The molecule has 3 aromatic carbocycles. The molecule has 14 heteroatoms.